The lowest BCUT2D eigenvalue weighted by molar-refractivity contribution is -0.501. The Kier molecular flexibility index (Phi) is 8.85. The van der Waals surface area contributed by atoms with Crippen LogP contribution in [0, 0.1) is 5.92 Å². The Balaban J connectivity index is 0.00000336. The average Bonchev–Trinajstić information content (AvgIpc) is 3.43. The SMILES string of the molecule is CCN1C(=CC2=C([O-])C(C=C3Sc4ccccc4N3CC)/C2=[N+](/C)CCCC(=O)O)Sc2ccccc21.Cl. The van der Waals surface area contributed by atoms with Crippen molar-refractivity contribution in [2.75, 3.05) is 36.5 Å². The van der Waals surface area contributed by atoms with Gasteiger partial charge in [0, 0.05) is 34.9 Å². The fraction of sp³-hybridized carbons (Fsp3) is 0.310. The highest BCUT2D eigenvalue weighted by atomic mass is 35.5. The second-order valence-electron chi connectivity index (χ2n) is 9.18. The van der Waals surface area contributed by atoms with E-state index in [4.69, 9.17) is 5.11 Å². The number of nitrogens with zero attached hydrogens (tertiary/aromatic N) is 3. The van der Waals surface area contributed by atoms with Gasteiger partial charge >= 0.3 is 5.97 Å². The van der Waals surface area contributed by atoms with Crippen molar-refractivity contribution in [2.24, 2.45) is 5.92 Å². The van der Waals surface area contributed by atoms with Crippen LogP contribution in [0.4, 0.5) is 11.4 Å². The number of benzene rings is 2. The minimum Gasteiger partial charge on any atom is -0.874 e. The van der Waals surface area contributed by atoms with Crippen LogP contribution in [0.2, 0.25) is 0 Å². The Hall–Kier alpha value is -2.81. The number of anilines is 2. The summed E-state index contributed by atoms with van der Waals surface area (Å²) in [6, 6.07) is 16.6. The topological polar surface area (TPSA) is 69.8 Å². The number of halogens is 1. The molecule has 1 N–H and O–H groups in total. The molecule has 3 aliphatic rings. The number of fused-ring (bicyclic) bond motifs is 2. The highest BCUT2D eigenvalue weighted by molar-refractivity contribution is 8.04. The molecule has 0 saturated carbocycles. The van der Waals surface area contributed by atoms with E-state index >= 15 is 0 Å². The Morgan fingerprint density at radius 2 is 1.55 bits per heavy atom. The van der Waals surface area contributed by atoms with Crippen molar-refractivity contribution in [3.05, 3.63) is 82.1 Å². The molecule has 2 aromatic rings. The molecular weight excluding hydrogens is 538 g/mol. The van der Waals surface area contributed by atoms with E-state index in [1.165, 1.54) is 21.2 Å². The molecule has 9 heteroatoms. The lowest BCUT2D eigenvalue weighted by Crippen LogP contribution is -2.42. The fourth-order valence-electron chi connectivity index (χ4n) is 5.09. The summed E-state index contributed by atoms with van der Waals surface area (Å²) < 4.78 is 2.07. The first-order valence-corrected chi connectivity index (χ1v) is 14.3. The highest BCUT2D eigenvalue weighted by Gasteiger charge is 2.38. The maximum Gasteiger partial charge on any atom is 0.303 e. The van der Waals surface area contributed by atoms with Crippen molar-refractivity contribution in [1.29, 1.82) is 0 Å². The third-order valence-corrected chi connectivity index (χ3v) is 9.14. The molecule has 38 heavy (non-hydrogen) atoms. The Morgan fingerprint density at radius 1 is 1.00 bits per heavy atom. The van der Waals surface area contributed by atoms with Crippen molar-refractivity contribution >= 4 is 59.0 Å². The average molecular weight is 570 g/mol. The van der Waals surface area contributed by atoms with Gasteiger partial charge in [-0.3, -0.25) is 4.79 Å². The van der Waals surface area contributed by atoms with E-state index in [1.807, 2.05) is 37.4 Å². The van der Waals surface area contributed by atoms with Crippen molar-refractivity contribution in [3.63, 3.8) is 0 Å². The summed E-state index contributed by atoms with van der Waals surface area (Å²) in [7, 11) is 1.97. The molecule has 0 radical (unpaired) electrons. The quantitative estimate of drug-likeness (QED) is 0.418. The molecule has 0 spiro atoms. The van der Waals surface area contributed by atoms with Gasteiger partial charge in [-0.25, -0.2) is 4.58 Å². The lowest BCUT2D eigenvalue weighted by atomic mass is 9.80. The second-order valence-corrected chi connectivity index (χ2v) is 11.3. The van der Waals surface area contributed by atoms with Gasteiger partial charge in [0.15, 0.2) is 5.71 Å². The van der Waals surface area contributed by atoms with E-state index in [0.29, 0.717) is 13.0 Å². The summed E-state index contributed by atoms with van der Waals surface area (Å²) in [5.41, 5.74) is 4.03. The van der Waals surface area contributed by atoms with Crippen LogP contribution in [-0.4, -0.2) is 48.0 Å². The molecule has 0 aromatic heterocycles. The normalized spacial score (nSPS) is 21.4. The minimum atomic E-state index is -0.800. The molecule has 2 aromatic carbocycles. The lowest BCUT2D eigenvalue weighted by Gasteiger charge is -2.36. The van der Waals surface area contributed by atoms with Crippen molar-refractivity contribution < 1.29 is 19.6 Å². The van der Waals surface area contributed by atoms with Crippen LogP contribution in [0.25, 0.3) is 0 Å². The Labute approximate surface area is 238 Å². The molecule has 1 unspecified atom stereocenters. The third kappa shape index (κ3) is 5.22. The first kappa shape index (κ1) is 28.2. The van der Waals surface area contributed by atoms with Gasteiger partial charge in [-0.1, -0.05) is 47.8 Å². The van der Waals surface area contributed by atoms with Crippen molar-refractivity contribution in [2.45, 2.75) is 36.5 Å². The fourth-order valence-corrected chi connectivity index (χ4v) is 7.46. The number of rotatable bonds is 8. The number of allylic oxidation sites excluding steroid dienone is 3. The van der Waals surface area contributed by atoms with E-state index in [9.17, 15) is 9.90 Å². The van der Waals surface area contributed by atoms with Crippen LogP contribution >= 0.6 is 35.9 Å². The zero-order chi connectivity index (χ0) is 26.1. The Morgan fingerprint density at radius 3 is 2.13 bits per heavy atom. The van der Waals surface area contributed by atoms with Gasteiger partial charge in [0.05, 0.1) is 33.8 Å². The largest absolute Gasteiger partial charge is 0.874 e. The van der Waals surface area contributed by atoms with Crippen LogP contribution in [0.3, 0.4) is 0 Å². The number of carboxylic acids is 1. The minimum absolute atomic E-state index is 0. The van der Waals surface area contributed by atoms with Crippen molar-refractivity contribution in [1.82, 2.24) is 0 Å². The van der Waals surface area contributed by atoms with Crippen LogP contribution < -0.4 is 14.9 Å². The predicted octanol–water partition coefficient (Wildman–Crippen LogP) is 5.55. The molecule has 1 atom stereocenters. The first-order valence-electron chi connectivity index (χ1n) is 12.7. The molecule has 0 saturated heterocycles. The number of carboxylic acid groups (broad SMARTS) is 1. The standard InChI is InChI=1S/C29H31N3O3S2.ClH/c1-4-31-21-11-6-8-13-23(21)36-25(31)17-19-28(30(3)16-10-15-27(33)34)20(29(19)35)18-26-32(5-2)22-12-7-9-14-24(22)37-26;/h6-9,11-14,17-19H,4-5,10,15-16H2,1-3H3,(H,33,34);1H. The molecule has 5 rings (SSSR count). The van der Waals surface area contributed by atoms with Crippen LogP contribution in [0.1, 0.15) is 26.7 Å². The van der Waals surface area contributed by atoms with Crippen LogP contribution in [-0.2, 0) is 4.79 Å². The number of thioether (sulfide) groups is 2. The second kappa shape index (κ2) is 11.9. The van der Waals surface area contributed by atoms with E-state index in [0.717, 1.165) is 34.4 Å². The summed E-state index contributed by atoms with van der Waals surface area (Å²) in [6.45, 7) is 6.46. The maximum atomic E-state index is 13.6. The molecule has 2 aliphatic heterocycles. The highest BCUT2D eigenvalue weighted by Crippen LogP contribution is 2.49. The number of para-hydroxylation sites is 2. The zero-order valence-electron chi connectivity index (χ0n) is 21.7. The maximum absolute atomic E-state index is 13.6. The monoisotopic (exact) mass is 569 g/mol. The van der Waals surface area contributed by atoms with E-state index in [-0.39, 0.29) is 30.5 Å². The van der Waals surface area contributed by atoms with Gasteiger partial charge in [0.1, 0.15) is 13.6 Å². The molecule has 6 nitrogen and oxygen atoms in total. The molecule has 2 heterocycles. The Bertz CT molecular complexity index is 1370. The molecule has 1 aliphatic carbocycles. The van der Waals surface area contributed by atoms with Crippen LogP contribution in [0.15, 0.2) is 91.9 Å². The predicted molar refractivity (Wildman–Crippen MR) is 157 cm³/mol. The number of aliphatic carboxylic acids is 1. The molecule has 0 amide bonds. The summed E-state index contributed by atoms with van der Waals surface area (Å²) in [6.07, 6.45) is 4.76. The van der Waals surface area contributed by atoms with Crippen molar-refractivity contribution in [3.8, 4) is 0 Å². The van der Waals surface area contributed by atoms with Gasteiger partial charge in [-0.2, -0.15) is 0 Å². The smallest absolute Gasteiger partial charge is 0.303 e. The number of hydrogen-bond donors (Lipinski definition) is 1. The van der Waals surface area contributed by atoms with Gasteiger partial charge in [0.2, 0.25) is 0 Å². The molecule has 0 bridgehead atoms. The summed E-state index contributed by atoms with van der Waals surface area (Å²) >= 11 is 3.39. The van der Waals surface area contributed by atoms with Gasteiger partial charge < -0.3 is 20.0 Å². The zero-order valence-corrected chi connectivity index (χ0v) is 24.2. The number of hydrogen-bond acceptors (Lipinski definition) is 6. The van der Waals surface area contributed by atoms with Gasteiger partial charge in [-0.05, 0) is 50.3 Å². The third-order valence-electron chi connectivity index (χ3n) is 6.90. The summed E-state index contributed by atoms with van der Waals surface area (Å²) in [5, 5.41) is 24.9. The first-order chi connectivity index (χ1) is 17.9. The van der Waals surface area contributed by atoms with Gasteiger partial charge in [-0.15, -0.1) is 18.2 Å². The van der Waals surface area contributed by atoms with Gasteiger partial charge in [0.25, 0.3) is 0 Å². The summed E-state index contributed by atoms with van der Waals surface area (Å²) in [5.74, 6) is -1.04. The molecule has 200 valence electrons. The molecule has 0 fully saturated rings. The van der Waals surface area contributed by atoms with E-state index < -0.39 is 5.97 Å². The number of carbonyl (C=O) groups is 1. The molecular formula is C29H32ClN3O3S2. The van der Waals surface area contributed by atoms with E-state index in [2.05, 4.69) is 58.6 Å². The van der Waals surface area contributed by atoms with E-state index in [1.54, 1.807) is 23.5 Å². The summed E-state index contributed by atoms with van der Waals surface area (Å²) in [4.78, 5) is 18.0. The van der Waals surface area contributed by atoms with Crippen LogP contribution in [0.5, 0.6) is 0 Å².